The Morgan fingerprint density at radius 2 is 1.95 bits per heavy atom. The predicted octanol–water partition coefficient (Wildman–Crippen LogP) is 1.26. The van der Waals surface area contributed by atoms with Crippen molar-refractivity contribution in [2.45, 2.75) is 18.2 Å². The molecule has 0 bridgehead atoms. The number of halogens is 1. The van der Waals surface area contributed by atoms with Crippen LogP contribution in [-0.4, -0.2) is 38.2 Å². The maximum Gasteiger partial charge on any atom is 0.336 e. The van der Waals surface area contributed by atoms with E-state index in [9.17, 15) is 18.0 Å². The molecule has 0 spiro atoms. The topological polar surface area (TPSA) is 101 Å². The quantitative estimate of drug-likeness (QED) is 0.850. The van der Waals surface area contributed by atoms with Crippen molar-refractivity contribution in [1.82, 2.24) is 5.32 Å². The van der Waals surface area contributed by atoms with E-state index in [0.29, 0.717) is 0 Å². The Kier molecular flexibility index (Phi) is 5.13. The summed E-state index contributed by atoms with van der Waals surface area (Å²) in [5.41, 5.74) is -0.0603. The lowest BCUT2D eigenvalue weighted by atomic mass is 10.1. The predicted molar refractivity (Wildman–Crippen MR) is 73.9 cm³/mol. The molecular formula is C12H14ClNO5S. The molecule has 0 saturated heterocycles. The van der Waals surface area contributed by atoms with Crippen LogP contribution in [0.3, 0.4) is 0 Å². The molecular weight excluding hydrogens is 306 g/mol. The molecule has 1 rings (SSSR count). The number of hydrogen-bond acceptors (Lipinski definition) is 4. The highest BCUT2D eigenvalue weighted by Gasteiger charge is 2.22. The number of sulfone groups is 1. The van der Waals surface area contributed by atoms with Crippen molar-refractivity contribution in [3.05, 3.63) is 28.3 Å². The molecule has 20 heavy (non-hydrogen) atoms. The number of rotatable bonds is 5. The van der Waals surface area contributed by atoms with Crippen molar-refractivity contribution in [2.75, 3.05) is 12.8 Å². The van der Waals surface area contributed by atoms with Crippen LogP contribution in [0.1, 0.15) is 22.3 Å². The summed E-state index contributed by atoms with van der Waals surface area (Å²) < 4.78 is 24.3. The van der Waals surface area contributed by atoms with Crippen LogP contribution >= 0.6 is 11.6 Å². The molecule has 110 valence electrons. The SMILES string of the molecule is CNC(=O)CCS(=O)(=O)c1cc(Cl)cc(C(=O)O)c1C. The summed E-state index contributed by atoms with van der Waals surface area (Å²) in [5, 5.41) is 11.4. The van der Waals surface area contributed by atoms with Crippen molar-refractivity contribution < 1.29 is 23.1 Å². The minimum Gasteiger partial charge on any atom is -0.478 e. The molecule has 0 aliphatic carbocycles. The first-order valence-electron chi connectivity index (χ1n) is 5.66. The number of carboxylic acid groups (broad SMARTS) is 1. The van der Waals surface area contributed by atoms with Gasteiger partial charge in [-0.1, -0.05) is 11.6 Å². The zero-order valence-electron chi connectivity index (χ0n) is 10.9. The van der Waals surface area contributed by atoms with Gasteiger partial charge in [-0.25, -0.2) is 13.2 Å². The largest absolute Gasteiger partial charge is 0.478 e. The van der Waals surface area contributed by atoms with Gasteiger partial charge in [-0.05, 0) is 24.6 Å². The van der Waals surface area contributed by atoms with Gasteiger partial charge >= 0.3 is 5.97 Å². The van der Waals surface area contributed by atoms with Gasteiger partial charge in [-0.15, -0.1) is 0 Å². The van der Waals surface area contributed by atoms with Gasteiger partial charge < -0.3 is 10.4 Å². The summed E-state index contributed by atoms with van der Waals surface area (Å²) in [4.78, 5) is 22.0. The Morgan fingerprint density at radius 1 is 1.35 bits per heavy atom. The number of amides is 1. The Balaban J connectivity index is 3.25. The van der Waals surface area contributed by atoms with E-state index in [2.05, 4.69) is 5.32 Å². The zero-order chi connectivity index (χ0) is 15.5. The first-order valence-corrected chi connectivity index (χ1v) is 7.69. The first-order chi connectivity index (χ1) is 9.19. The molecule has 0 radical (unpaired) electrons. The van der Waals surface area contributed by atoms with Gasteiger partial charge in [-0.2, -0.15) is 0 Å². The highest BCUT2D eigenvalue weighted by molar-refractivity contribution is 7.91. The molecule has 0 unspecified atom stereocenters. The summed E-state index contributed by atoms with van der Waals surface area (Å²) in [6.07, 6.45) is -0.201. The van der Waals surface area contributed by atoms with E-state index in [1.807, 2.05) is 0 Å². The minimum absolute atomic E-state index is 0.0199. The standard InChI is InChI=1S/C12H14ClNO5S/c1-7-9(12(16)17)5-8(13)6-10(7)20(18,19)4-3-11(15)14-2/h5-6H,3-4H2,1-2H3,(H,14,15)(H,16,17). The minimum atomic E-state index is -3.78. The Bertz CT molecular complexity index is 654. The third kappa shape index (κ3) is 3.71. The molecule has 1 amide bonds. The third-order valence-electron chi connectivity index (χ3n) is 2.77. The molecule has 2 N–H and O–H groups in total. The number of aromatic carboxylic acids is 1. The summed E-state index contributed by atoms with van der Waals surface area (Å²) in [5.74, 6) is -2.08. The van der Waals surface area contributed by atoms with Gasteiger partial charge in [0.1, 0.15) is 0 Å². The van der Waals surface area contributed by atoms with E-state index >= 15 is 0 Å². The lowest BCUT2D eigenvalue weighted by Gasteiger charge is -2.10. The van der Waals surface area contributed by atoms with Crippen molar-refractivity contribution in [1.29, 1.82) is 0 Å². The monoisotopic (exact) mass is 319 g/mol. The zero-order valence-corrected chi connectivity index (χ0v) is 12.5. The fraction of sp³-hybridized carbons (Fsp3) is 0.333. The fourth-order valence-corrected chi connectivity index (χ4v) is 3.50. The summed E-state index contributed by atoms with van der Waals surface area (Å²) in [7, 11) is -2.38. The number of carbonyl (C=O) groups is 2. The Hall–Kier alpha value is -1.60. The van der Waals surface area contributed by atoms with E-state index < -0.39 is 27.5 Å². The summed E-state index contributed by atoms with van der Waals surface area (Å²) in [6, 6.07) is 2.39. The van der Waals surface area contributed by atoms with Gasteiger partial charge in [0, 0.05) is 18.5 Å². The first kappa shape index (κ1) is 16.5. The average Bonchev–Trinajstić information content (AvgIpc) is 2.37. The van der Waals surface area contributed by atoms with Crippen LogP contribution in [0.4, 0.5) is 0 Å². The van der Waals surface area contributed by atoms with Crippen LogP contribution in [-0.2, 0) is 14.6 Å². The second kappa shape index (κ2) is 6.23. The average molecular weight is 320 g/mol. The van der Waals surface area contributed by atoms with Gasteiger partial charge in [0.25, 0.3) is 0 Å². The number of nitrogens with one attached hydrogen (secondary N) is 1. The molecule has 0 atom stereocenters. The van der Waals surface area contributed by atoms with E-state index in [1.165, 1.54) is 26.1 Å². The van der Waals surface area contributed by atoms with Crippen molar-refractivity contribution in [3.63, 3.8) is 0 Å². The number of hydrogen-bond donors (Lipinski definition) is 2. The van der Waals surface area contributed by atoms with Gasteiger partial charge in [-0.3, -0.25) is 4.79 Å². The van der Waals surface area contributed by atoms with Crippen LogP contribution in [0.2, 0.25) is 5.02 Å². The molecule has 1 aromatic rings. The molecule has 0 aliphatic heterocycles. The molecule has 0 fully saturated rings. The van der Waals surface area contributed by atoms with Gasteiger partial charge in [0.15, 0.2) is 9.84 Å². The van der Waals surface area contributed by atoms with Gasteiger partial charge in [0.05, 0.1) is 16.2 Å². The maximum absolute atomic E-state index is 12.2. The molecule has 1 aromatic carbocycles. The normalized spacial score (nSPS) is 11.2. The summed E-state index contributed by atoms with van der Waals surface area (Å²) in [6.45, 7) is 1.40. The van der Waals surface area contributed by atoms with E-state index in [0.717, 1.165) is 0 Å². The van der Waals surface area contributed by atoms with Crippen LogP contribution in [0, 0.1) is 6.92 Å². The molecule has 0 aromatic heterocycles. The van der Waals surface area contributed by atoms with Crippen molar-refractivity contribution in [3.8, 4) is 0 Å². The second-order valence-electron chi connectivity index (χ2n) is 4.12. The molecule has 0 heterocycles. The number of benzene rings is 1. The highest BCUT2D eigenvalue weighted by Crippen LogP contribution is 2.25. The van der Waals surface area contributed by atoms with E-state index in [4.69, 9.17) is 16.7 Å². The third-order valence-corrected chi connectivity index (χ3v) is 4.82. The Labute approximate surface area is 121 Å². The lowest BCUT2D eigenvalue weighted by Crippen LogP contribution is -2.22. The Morgan fingerprint density at radius 3 is 2.45 bits per heavy atom. The fourth-order valence-electron chi connectivity index (χ4n) is 1.66. The summed E-state index contributed by atoms with van der Waals surface area (Å²) >= 11 is 5.76. The van der Waals surface area contributed by atoms with Gasteiger partial charge in [0.2, 0.25) is 5.91 Å². The van der Waals surface area contributed by atoms with E-state index in [1.54, 1.807) is 0 Å². The van der Waals surface area contributed by atoms with Crippen molar-refractivity contribution in [2.24, 2.45) is 0 Å². The van der Waals surface area contributed by atoms with Crippen LogP contribution < -0.4 is 5.32 Å². The van der Waals surface area contributed by atoms with Crippen LogP contribution in [0.15, 0.2) is 17.0 Å². The van der Waals surface area contributed by atoms with Crippen LogP contribution in [0.25, 0.3) is 0 Å². The molecule has 8 heteroatoms. The van der Waals surface area contributed by atoms with Crippen LogP contribution in [0.5, 0.6) is 0 Å². The van der Waals surface area contributed by atoms with E-state index in [-0.39, 0.29) is 27.5 Å². The smallest absolute Gasteiger partial charge is 0.336 e. The lowest BCUT2D eigenvalue weighted by molar-refractivity contribution is -0.120. The number of carbonyl (C=O) groups excluding carboxylic acids is 1. The number of carboxylic acids is 1. The second-order valence-corrected chi connectivity index (χ2v) is 6.64. The highest BCUT2D eigenvalue weighted by atomic mass is 35.5. The maximum atomic E-state index is 12.2. The molecule has 6 nitrogen and oxygen atoms in total. The van der Waals surface area contributed by atoms with Crippen molar-refractivity contribution >= 4 is 33.3 Å². The molecule has 0 aliphatic rings. The molecule has 0 saturated carbocycles.